The third kappa shape index (κ3) is 4.88. The Hall–Kier alpha value is -3.42. The predicted octanol–water partition coefficient (Wildman–Crippen LogP) is 4.14. The number of primary amides is 1. The number of carbonyl (C=O) groups is 2. The van der Waals surface area contributed by atoms with Gasteiger partial charge in [-0.1, -0.05) is 13.0 Å². The lowest BCUT2D eigenvalue weighted by Crippen LogP contribution is -2.47. The first-order valence-corrected chi connectivity index (χ1v) is 9.91. The van der Waals surface area contributed by atoms with Gasteiger partial charge in [-0.05, 0) is 25.1 Å². The maximum Gasteiger partial charge on any atom is 0.417 e. The topological polar surface area (TPSA) is 104 Å². The second-order valence-corrected chi connectivity index (χ2v) is 7.90. The van der Waals surface area contributed by atoms with E-state index in [4.69, 9.17) is 10.5 Å². The fourth-order valence-electron chi connectivity index (χ4n) is 3.90. The fourth-order valence-corrected chi connectivity index (χ4v) is 3.90. The zero-order valence-corrected chi connectivity index (χ0v) is 18.0. The number of ether oxygens (including phenoxy) is 2. The number of benzene rings is 1. The summed E-state index contributed by atoms with van der Waals surface area (Å²) in [4.78, 5) is 28.0. The van der Waals surface area contributed by atoms with Gasteiger partial charge in [0, 0.05) is 29.3 Å². The van der Waals surface area contributed by atoms with E-state index in [-0.39, 0.29) is 11.4 Å². The SMILES string of the molecule is C[C@@H]1[C@@H](c2ccc(F)c(F)c2OC(F)F)[C@@H](C(=O)Nc2ccnc(C(N)=O)c2)O[C@]1(C)C(F)(F)F. The van der Waals surface area contributed by atoms with Crippen molar-refractivity contribution in [2.75, 3.05) is 5.32 Å². The highest BCUT2D eigenvalue weighted by Crippen LogP contribution is 2.55. The number of aromatic nitrogens is 1. The van der Waals surface area contributed by atoms with E-state index in [1.165, 1.54) is 6.07 Å². The van der Waals surface area contributed by atoms with Crippen molar-refractivity contribution < 1.29 is 49.8 Å². The summed E-state index contributed by atoms with van der Waals surface area (Å²) in [6.45, 7) is -1.98. The molecule has 0 aliphatic carbocycles. The van der Waals surface area contributed by atoms with Crippen molar-refractivity contribution in [3.05, 3.63) is 53.4 Å². The molecule has 1 aromatic carbocycles. The van der Waals surface area contributed by atoms with E-state index in [0.29, 0.717) is 13.0 Å². The summed E-state index contributed by atoms with van der Waals surface area (Å²) >= 11 is 0. The maximum absolute atomic E-state index is 14.4. The number of nitrogens with one attached hydrogen (secondary N) is 1. The molecule has 0 bridgehead atoms. The van der Waals surface area contributed by atoms with E-state index in [1.54, 1.807) is 0 Å². The van der Waals surface area contributed by atoms with Crippen LogP contribution in [0.15, 0.2) is 30.5 Å². The predicted molar refractivity (Wildman–Crippen MR) is 106 cm³/mol. The van der Waals surface area contributed by atoms with Gasteiger partial charge in [0.15, 0.2) is 17.2 Å². The van der Waals surface area contributed by atoms with Crippen molar-refractivity contribution in [2.45, 2.75) is 44.3 Å². The minimum atomic E-state index is -5.04. The van der Waals surface area contributed by atoms with E-state index in [2.05, 4.69) is 15.0 Å². The van der Waals surface area contributed by atoms with E-state index < -0.39 is 71.1 Å². The zero-order chi connectivity index (χ0) is 26.3. The number of hydrogen-bond acceptors (Lipinski definition) is 5. The van der Waals surface area contributed by atoms with Crippen molar-refractivity contribution in [1.82, 2.24) is 4.98 Å². The summed E-state index contributed by atoms with van der Waals surface area (Å²) in [5.74, 6) is -10.3. The molecule has 4 atom stereocenters. The summed E-state index contributed by atoms with van der Waals surface area (Å²) in [6.07, 6.45) is -5.97. The molecule has 3 N–H and O–H groups in total. The van der Waals surface area contributed by atoms with E-state index in [1.807, 2.05) is 0 Å². The molecule has 0 radical (unpaired) electrons. The molecule has 35 heavy (non-hydrogen) atoms. The van der Waals surface area contributed by atoms with Crippen LogP contribution < -0.4 is 15.8 Å². The van der Waals surface area contributed by atoms with E-state index in [0.717, 1.165) is 25.3 Å². The minimum Gasteiger partial charge on any atom is -0.431 e. The smallest absolute Gasteiger partial charge is 0.417 e. The number of rotatable bonds is 6. The Morgan fingerprint density at radius 3 is 2.46 bits per heavy atom. The average Bonchev–Trinajstić information content (AvgIpc) is 3.04. The molecule has 3 rings (SSSR count). The van der Waals surface area contributed by atoms with Gasteiger partial charge in [0.1, 0.15) is 11.8 Å². The van der Waals surface area contributed by atoms with Crippen LogP contribution in [0.3, 0.4) is 0 Å². The van der Waals surface area contributed by atoms with Gasteiger partial charge in [0.25, 0.3) is 11.8 Å². The van der Waals surface area contributed by atoms with Crippen LogP contribution in [0.5, 0.6) is 5.75 Å². The summed E-state index contributed by atoms with van der Waals surface area (Å²) in [7, 11) is 0. The van der Waals surface area contributed by atoms with E-state index in [9.17, 15) is 40.3 Å². The molecule has 14 heteroatoms. The quantitative estimate of drug-likeness (QED) is 0.570. The number of nitrogens with zero attached hydrogens (tertiary/aromatic N) is 1. The van der Waals surface area contributed by atoms with Crippen LogP contribution in [-0.2, 0) is 9.53 Å². The Kier molecular flexibility index (Phi) is 6.97. The highest BCUT2D eigenvalue weighted by Gasteiger charge is 2.66. The van der Waals surface area contributed by atoms with Crippen LogP contribution in [0.4, 0.5) is 36.4 Å². The molecule has 0 unspecified atom stereocenters. The molecule has 0 spiro atoms. The van der Waals surface area contributed by atoms with Gasteiger partial charge >= 0.3 is 12.8 Å². The average molecular weight is 509 g/mol. The lowest BCUT2D eigenvalue weighted by molar-refractivity contribution is -0.272. The van der Waals surface area contributed by atoms with Crippen LogP contribution in [0.2, 0.25) is 0 Å². The lowest BCUT2D eigenvalue weighted by atomic mass is 9.77. The lowest BCUT2D eigenvalue weighted by Gasteiger charge is -2.32. The second kappa shape index (κ2) is 9.32. The Morgan fingerprint density at radius 2 is 1.89 bits per heavy atom. The van der Waals surface area contributed by atoms with Gasteiger partial charge in [-0.15, -0.1) is 0 Å². The Bertz CT molecular complexity index is 1140. The first kappa shape index (κ1) is 26.2. The Labute approximate surface area is 193 Å². The summed E-state index contributed by atoms with van der Waals surface area (Å²) in [5.41, 5.74) is 1.14. The highest BCUT2D eigenvalue weighted by atomic mass is 19.4. The Balaban J connectivity index is 2.10. The van der Waals surface area contributed by atoms with Crippen LogP contribution in [0.1, 0.15) is 35.8 Å². The van der Waals surface area contributed by atoms with Crippen LogP contribution >= 0.6 is 0 Å². The van der Waals surface area contributed by atoms with Crippen molar-refractivity contribution in [3.63, 3.8) is 0 Å². The van der Waals surface area contributed by atoms with Crippen molar-refractivity contribution in [3.8, 4) is 5.75 Å². The van der Waals surface area contributed by atoms with E-state index >= 15 is 0 Å². The monoisotopic (exact) mass is 509 g/mol. The summed E-state index contributed by atoms with van der Waals surface area (Å²) < 4.78 is 105. The number of nitrogens with two attached hydrogens (primary N) is 1. The fraction of sp³-hybridized carbons (Fsp3) is 0.381. The summed E-state index contributed by atoms with van der Waals surface area (Å²) in [5, 5.41) is 2.24. The number of hydrogen-bond donors (Lipinski definition) is 2. The molecule has 1 aromatic heterocycles. The Morgan fingerprint density at radius 1 is 1.23 bits per heavy atom. The third-order valence-corrected chi connectivity index (χ3v) is 5.85. The molecule has 0 saturated carbocycles. The van der Waals surface area contributed by atoms with Crippen LogP contribution in [0.25, 0.3) is 0 Å². The first-order valence-electron chi connectivity index (χ1n) is 9.91. The molecule has 2 heterocycles. The standard InChI is InChI=1S/C21H18F7N3O4/c1-8-13(10-3-4-11(22)14(23)15(10)34-19(24)25)16(35-20(8,2)21(26,27)28)18(33)31-9-5-6-30-12(7-9)17(29)32/h3-8,13,16,19H,1-2H3,(H2,29,32)(H,30,31,33)/t8-,13+,16+,20+/m1/s1. The number of amides is 2. The molecular formula is C21H18F7N3O4. The minimum absolute atomic E-state index is 0.0937. The number of pyridine rings is 1. The van der Waals surface area contributed by atoms with Gasteiger partial charge in [0.05, 0.1) is 0 Å². The molecule has 7 nitrogen and oxygen atoms in total. The summed E-state index contributed by atoms with van der Waals surface area (Å²) in [6, 6.07) is 3.50. The largest absolute Gasteiger partial charge is 0.431 e. The second-order valence-electron chi connectivity index (χ2n) is 7.90. The van der Waals surface area contributed by atoms with Crippen molar-refractivity contribution in [1.29, 1.82) is 0 Å². The number of anilines is 1. The zero-order valence-electron chi connectivity index (χ0n) is 18.0. The normalized spacial score (nSPS) is 24.5. The molecule has 1 aliphatic heterocycles. The third-order valence-electron chi connectivity index (χ3n) is 5.85. The number of halogens is 7. The molecule has 1 saturated heterocycles. The molecule has 2 aromatic rings. The van der Waals surface area contributed by atoms with Gasteiger partial charge in [-0.2, -0.15) is 26.3 Å². The van der Waals surface area contributed by atoms with Gasteiger partial charge in [-0.25, -0.2) is 4.39 Å². The molecule has 2 amide bonds. The molecule has 1 aliphatic rings. The maximum atomic E-state index is 14.4. The van der Waals surface area contributed by atoms with Gasteiger partial charge < -0.3 is 20.5 Å². The van der Waals surface area contributed by atoms with Crippen LogP contribution in [0, 0.1) is 17.6 Å². The van der Waals surface area contributed by atoms with Crippen molar-refractivity contribution >= 4 is 17.5 Å². The molecular weight excluding hydrogens is 491 g/mol. The van der Waals surface area contributed by atoms with Gasteiger partial charge in [0.2, 0.25) is 5.82 Å². The molecule has 190 valence electrons. The van der Waals surface area contributed by atoms with Crippen LogP contribution in [-0.4, -0.2) is 41.3 Å². The van der Waals surface area contributed by atoms with Crippen molar-refractivity contribution in [2.24, 2.45) is 11.7 Å². The number of carbonyl (C=O) groups excluding carboxylic acids is 2. The highest BCUT2D eigenvalue weighted by molar-refractivity contribution is 5.97. The van der Waals surface area contributed by atoms with Gasteiger partial charge in [-0.3, -0.25) is 14.6 Å². The molecule has 1 fully saturated rings. The first-order chi connectivity index (χ1) is 16.2. The number of alkyl halides is 5.